The fourth-order valence-corrected chi connectivity index (χ4v) is 2.49. The maximum Gasteiger partial charge on any atom is 0.416 e. The summed E-state index contributed by atoms with van der Waals surface area (Å²) < 4.78 is 37.6. The Morgan fingerprint density at radius 3 is 2.37 bits per heavy atom. The molecule has 1 aromatic rings. The van der Waals surface area contributed by atoms with Gasteiger partial charge in [0, 0.05) is 0 Å². The standard InChI is InChI=1S/C12H10F3NO2S/c13-12(14,15)9-3-1-2-8(4-9)5-16-10(17)6-19-7-11(16)18/h1-4H,5-7H2. The van der Waals surface area contributed by atoms with Gasteiger partial charge in [0.2, 0.25) is 11.8 Å². The topological polar surface area (TPSA) is 37.4 Å². The Bertz CT molecular complexity index is 500. The Morgan fingerprint density at radius 2 is 1.79 bits per heavy atom. The summed E-state index contributed by atoms with van der Waals surface area (Å²) in [6, 6.07) is 4.66. The molecule has 3 nitrogen and oxygen atoms in total. The predicted molar refractivity (Wildman–Crippen MR) is 64.3 cm³/mol. The summed E-state index contributed by atoms with van der Waals surface area (Å²) in [5.74, 6) is -0.354. The summed E-state index contributed by atoms with van der Waals surface area (Å²) in [6.07, 6.45) is -4.43. The Morgan fingerprint density at radius 1 is 1.16 bits per heavy atom. The van der Waals surface area contributed by atoms with Crippen LogP contribution >= 0.6 is 11.8 Å². The summed E-state index contributed by atoms with van der Waals surface area (Å²) in [4.78, 5) is 24.1. The molecule has 0 spiro atoms. The lowest BCUT2D eigenvalue weighted by molar-refractivity contribution is -0.142. The highest BCUT2D eigenvalue weighted by molar-refractivity contribution is 8.00. The molecule has 0 radical (unpaired) electrons. The van der Waals surface area contributed by atoms with Crippen molar-refractivity contribution < 1.29 is 22.8 Å². The van der Waals surface area contributed by atoms with Crippen LogP contribution in [-0.4, -0.2) is 28.2 Å². The van der Waals surface area contributed by atoms with E-state index in [1.165, 1.54) is 23.9 Å². The summed E-state index contributed by atoms with van der Waals surface area (Å²) in [5, 5.41) is 0. The predicted octanol–water partition coefficient (Wildman–Crippen LogP) is 2.31. The van der Waals surface area contributed by atoms with E-state index in [2.05, 4.69) is 0 Å². The number of rotatable bonds is 2. The van der Waals surface area contributed by atoms with E-state index in [9.17, 15) is 22.8 Å². The number of nitrogens with zero attached hydrogens (tertiary/aromatic N) is 1. The number of benzene rings is 1. The summed E-state index contributed by atoms with van der Waals surface area (Å²) >= 11 is 1.21. The van der Waals surface area contributed by atoms with Crippen LogP contribution in [0.1, 0.15) is 11.1 Å². The molecule has 0 saturated carbocycles. The molecular formula is C12H10F3NO2S. The van der Waals surface area contributed by atoms with Gasteiger partial charge >= 0.3 is 6.18 Å². The largest absolute Gasteiger partial charge is 0.416 e. The van der Waals surface area contributed by atoms with Gasteiger partial charge in [-0.25, -0.2) is 0 Å². The normalized spacial score (nSPS) is 16.9. The molecule has 1 aliphatic rings. The number of hydrogen-bond donors (Lipinski definition) is 0. The molecule has 0 aliphatic carbocycles. The lowest BCUT2D eigenvalue weighted by Gasteiger charge is -2.24. The van der Waals surface area contributed by atoms with Gasteiger partial charge in [-0.3, -0.25) is 14.5 Å². The molecule has 2 rings (SSSR count). The van der Waals surface area contributed by atoms with E-state index in [-0.39, 0.29) is 29.9 Å². The van der Waals surface area contributed by atoms with Crippen LogP contribution in [0.3, 0.4) is 0 Å². The molecule has 1 fully saturated rings. The number of carbonyl (C=O) groups is 2. The van der Waals surface area contributed by atoms with E-state index in [1.54, 1.807) is 0 Å². The first kappa shape index (κ1) is 13.9. The van der Waals surface area contributed by atoms with Crippen LogP contribution < -0.4 is 0 Å². The molecule has 0 atom stereocenters. The molecule has 0 aromatic heterocycles. The molecule has 19 heavy (non-hydrogen) atoms. The third-order valence-corrected chi connectivity index (χ3v) is 3.55. The van der Waals surface area contributed by atoms with Crippen molar-refractivity contribution in [2.75, 3.05) is 11.5 Å². The average Bonchev–Trinajstić information content (AvgIpc) is 2.33. The molecule has 2 amide bonds. The van der Waals surface area contributed by atoms with Gasteiger partial charge in [0.05, 0.1) is 23.6 Å². The van der Waals surface area contributed by atoms with Crippen molar-refractivity contribution in [2.45, 2.75) is 12.7 Å². The Hall–Kier alpha value is -1.50. The number of carbonyl (C=O) groups excluding carboxylic acids is 2. The minimum absolute atomic E-state index is 0.109. The van der Waals surface area contributed by atoms with Crippen LogP contribution in [-0.2, 0) is 22.3 Å². The number of alkyl halides is 3. The minimum atomic E-state index is -4.43. The van der Waals surface area contributed by atoms with Gasteiger partial charge in [-0.05, 0) is 17.7 Å². The fourth-order valence-electron chi connectivity index (χ4n) is 1.73. The number of halogens is 3. The van der Waals surface area contributed by atoms with Crippen LogP contribution in [0.2, 0.25) is 0 Å². The maximum absolute atomic E-state index is 12.5. The van der Waals surface area contributed by atoms with E-state index in [0.717, 1.165) is 17.0 Å². The van der Waals surface area contributed by atoms with Crippen molar-refractivity contribution in [3.63, 3.8) is 0 Å². The molecule has 1 aromatic carbocycles. The molecule has 0 unspecified atom stereocenters. The number of hydrogen-bond acceptors (Lipinski definition) is 3. The maximum atomic E-state index is 12.5. The zero-order chi connectivity index (χ0) is 14.0. The highest BCUT2D eigenvalue weighted by atomic mass is 32.2. The number of imide groups is 1. The van der Waals surface area contributed by atoms with E-state index in [0.29, 0.717) is 5.56 Å². The third kappa shape index (κ3) is 3.28. The highest BCUT2D eigenvalue weighted by Crippen LogP contribution is 2.30. The first-order valence-electron chi connectivity index (χ1n) is 5.45. The third-order valence-electron chi connectivity index (χ3n) is 2.65. The first-order chi connectivity index (χ1) is 8.88. The van der Waals surface area contributed by atoms with Crippen molar-refractivity contribution in [3.8, 4) is 0 Å². The zero-order valence-electron chi connectivity index (χ0n) is 9.74. The van der Waals surface area contributed by atoms with Gasteiger partial charge in [0.15, 0.2) is 0 Å². The van der Waals surface area contributed by atoms with Crippen molar-refractivity contribution in [3.05, 3.63) is 35.4 Å². The van der Waals surface area contributed by atoms with Gasteiger partial charge < -0.3 is 0 Å². The second kappa shape index (κ2) is 5.24. The molecule has 7 heteroatoms. The Labute approximate surface area is 111 Å². The Kier molecular flexibility index (Phi) is 3.84. The monoisotopic (exact) mass is 289 g/mol. The van der Waals surface area contributed by atoms with Crippen LogP contribution in [0.25, 0.3) is 0 Å². The number of thioether (sulfide) groups is 1. The van der Waals surface area contributed by atoms with Gasteiger partial charge in [-0.1, -0.05) is 12.1 Å². The van der Waals surface area contributed by atoms with E-state index in [4.69, 9.17) is 0 Å². The smallest absolute Gasteiger partial charge is 0.277 e. The van der Waals surface area contributed by atoms with Gasteiger partial charge in [0.1, 0.15) is 0 Å². The van der Waals surface area contributed by atoms with Gasteiger partial charge in [-0.15, -0.1) is 11.8 Å². The molecule has 1 heterocycles. The van der Waals surface area contributed by atoms with Gasteiger partial charge in [-0.2, -0.15) is 13.2 Å². The second-order valence-corrected chi connectivity index (χ2v) is 5.05. The molecule has 1 aliphatic heterocycles. The Balaban J connectivity index is 2.19. The van der Waals surface area contributed by atoms with Crippen LogP contribution in [0.5, 0.6) is 0 Å². The van der Waals surface area contributed by atoms with Crippen LogP contribution in [0.15, 0.2) is 24.3 Å². The van der Waals surface area contributed by atoms with E-state index < -0.39 is 11.7 Å². The van der Waals surface area contributed by atoms with Crippen molar-refractivity contribution in [1.29, 1.82) is 0 Å². The molecule has 0 bridgehead atoms. The second-order valence-electron chi connectivity index (χ2n) is 4.06. The number of amides is 2. The molecule has 0 N–H and O–H groups in total. The molecule has 1 saturated heterocycles. The SMILES string of the molecule is O=C1CSCC(=O)N1Cc1cccc(C(F)(F)F)c1. The summed E-state index contributed by atoms with van der Waals surface area (Å²) in [6.45, 7) is -0.109. The lowest BCUT2D eigenvalue weighted by Crippen LogP contribution is -2.42. The lowest BCUT2D eigenvalue weighted by atomic mass is 10.1. The van der Waals surface area contributed by atoms with Crippen LogP contribution in [0, 0.1) is 0 Å². The minimum Gasteiger partial charge on any atom is -0.277 e. The van der Waals surface area contributed by atoms with E-state index >= 15 is 0 Å². The molecular weight excluding hydrogens is 279 g/mol. The van der Waals surface area contributed by atoms with Crippen molar-refractivity contribution in [2.24, 2.45) is 0 Å². The average molecular weight is 289 g/mol. The van der Waals surface area contributed by atoms with Crippen LogP contribution in [0.4, 0.5) is 13.2 Å². The summed E-state index contributed by atoms with van der Waals surface area (Å²) in [7, 11) is 0. The molecule has 102 valence electrons. The van der Waals surface area contributed by atoms with Crippen molar-refractivity contribution in [1.82, 2.24) is 4.90 Å². The highest BCUT2D eigenvalue weighted by Gasteiger charge is 2.31. The first-order valence-corrected chi connectivity index (χ1v) is 6.60. The van der Waals surface area contributed by atoms with E-state index in [1.807, 2.05) is 0 Å². The fraction of sp³-hybridized carbons (Fsp3) is 0.333. The van der Waals surface area contributed by atoms with Gasteiger partial charge in [0.25, 0.3) is 0 Å². The zero-order valence-corrected chi connectivity index (χ0v) is 10.6. The van der Waals surface area contributed by atoms with Crippen molar-refractivity contribution >= 4 is 23.6 Å². The summed E-state index contributed by atoms with van der Waals surface area (Å²) in [5.41, 5.74) is -0.486. The quantitative estimate of drug-likeness (QED) is 0.784.